The highest BCUT2D eigenvalue weighted by molar-refractivity contribution is 6.35. The molecule has 0 unspecified atom stereocenters. The summed E-state index contributed by atoms with van der Waals surface area (Å²) in [5, 5.41) is 12.2. The topological polar surface area (TPSA) is 99.3 Å². The van der Waals surface area contributed by atoms with Crippen LogP contribution in [0.2, 0.25) is 10.0 Å². The second-order valence-electron chi connectivity index (χ2n) is 8.71. The van der Waals surface area contributed by atoms with Crippen molar-refractivity contribution in [3.05, 3.63) is 64.5 Å². The first-order valence-corrected chi connectivity index (χ1v) is 12.3. The van der Waals surface area contributed by atoms with Gasteiger partial charge in [0.2, 0.25) is 0 Å². The number of H-pyrrole nitrogens is 1. The van der Waals surface area contributed by atoms with Crippen molar-refractivity contribution in [3.8, 4) is 17.0 Å². The van der Waals surface area contributed by atoms with Gasteiger partial charge in [-0.05, 0) is 44.3 Å². The Morgan fingerprint density at radius 1 is 1.08 bits per heavy atom. The summed E-state index contributed by atoms with van der Waals surface area (Å²) in [5.41, 5.74) is 3.08. The summed E-state index contributed by atoms with van der Waals surface area (Å²) < 4.78 is 6.15. The quantitative estimate of drug-likeness (QED) is 0.369. The average molecular weight is 526 g/mol. The molecule has 3 aromatic heterocycles. The van der Waals surface area contributed by atoms with Crippen LogP contribution in [0.1, 0.15) is 18.6 Å². The normalized spacial score (nSPS) is 15.2. The lowest BCUT2D eigenvalue weighted by Gasteiger charge is -2.32. The monoisotopic (exact) mass is 525 g/mol. The van der Waals surface area contributed by atoms with Crippen LogP contribution in [0.4, 0.5) is 10.6 Å². The molecule has 5 rings (SSSR count). The van der Waals surface area contributed by atoms with Gasteiger partial charge in [0.1, 0.15) is 23.4 Å². The minimum absolute atomic E-state index is 0.140. The van der Waals surface area contributed by atoms with Crippen molar-refractivity contribution in [1.29, 1.82) is 0 Å². The number of amides is 2. The summed E-state index contributed by atoms with van der Waals surface area (Å²) in [5.74, 6) is 1.14. The molecule has 1 fully saturated rings. The summed E-state index contributed by atoms with van der Waals surface area (Å²) in [6.45, 7) is 5.00. The van der Waals surface area contributed by atoms with E-state index in [0.29, 0.717) is 40.3 Å². The van der Waals surface area contributed by atoms with Crippen molar-refractivity contribution in [2.75, 3.05) is 38.5 Å². The molecule has 1 atom stereocenters. The lowest BCUT2D eigenvalue weighted by atomic mass is 10.1. The Morgan fingerprint density at radius 3 is 2.53 bits per heavy atom. The molecule has 1 saturated heterocycles. The number of carbonyl (C=O) groups is 1. The van der Waals surface area contributed by atoms with E-state index < -0.39 is 0 Å². The minimum atomic E-state index is -0.384. The van der Waals surface area contributed by atoms with Crippen LogP contribution in [0.5, 0.6) is 5.75 Å². The number of nitrogens with one attached hydrogen (secondary N) is 2. The van der Waals surface area contributed by atoms with E-state index in [0.717, 1.165) is 35.2 Å². The summed E-state index contributed by atoms with van der Waals surface area (Å²) in [6.07, 6.45) is 4.40. The SMILES string of the molecule is C[C@@H](Oc1ccc2[nH]nc(-c3ccc(NC(=O)N4CCN(C)CC4)nc3)c2c1)c1c(Cl)cncc1Cl. The van der Waals surface area contributed by atoms with Gasteiger partial charge < -0.3 is 14.5 Å². The molecule has 0 aliphatic carbocycles. The molecule has 4 heterocycles. The van der Waals surface area contributed by atoms with E-state index in [-0.39, 0.29) is 12.1 Å². The van der Waals surface area contributed by atoms with E-state index in [4.69, 9.17) is 27.9 Å². The summed E-state index contributed by atoms with van der Waals surface area (Å²) >= 11 is 12.6. The third-order valence-electron chi connectivity index (χ3n) is 6.21. The van der Waals surface area contributed by atoms with Crippen molar-refractivity contribution in [2.45, 2.75) is 13.0 Å². The average Bonchev–Trinajstić information content (AvgIpc) is 3.28. The second kappa shape index (κ2) is 10.3. The van der Waals surface area contributed by atoms with Gasteiger partial charge in [-0.3, -0.25) is 15.4 Å². The number of carbonyl (C=O) groups excluding carboxylic acids is 1. The molecular weight excluding hydrogens is 501 g/mol. The molecule has 0 bridgehead atoms. The molecule has 0 saturated carbocycles. The number of aromatic amines is 1. The van der Waals surface area contributed by atoms with Crippen LogP contribution in [0, 0.1) is 0 Å². The van der Waals surface area contributed by atoms with Crippen LogP contribution in [0.3, 0.4) is 0 Å². The standard InChI is InChI=1S/C25H25Cl2N7O2/c1-15(23-19(26)13-28-14-20(23)27)36-17-4-5-21-18(11-17)24(32-31-21)16-3-6-22(29-12-16)30-25(35)34-9-7-33(2)8-10-34/h3-6,11-15H,7-10H2,1-2H3,(H,31,32)(H,29,30,35)/t15-/m1/s1. The number of hydrogen-bond acceptors (Lipinski definition) is 6. The van der Waals surface area contributed by atoms with Gasteiger partial charge in [0, 0.05) is 61.3 Å². The maximum Gasteiger partial charge on any atom is 0.323 e. The highest BCUT2D eigenvalue weighted by Gasteiger charge is 2.20. The second-order valence-corrected chi connectivity index (χ2v) is 9.52. The van der Waals surface area contributed by atoms with Gasteiger partial charge in [-0.15, -0.1) is 0 Å². The first-order valence-electron chi connectivity index (χ1n) is 11.5. The zero-order chi connectivity index (χ0) is 25.2. The molecule has 11 heteroatoms. The first kappa shape index (κ1) is 24.3. The molecule has 186 valence electrons. The van der Waals surface area contributed by atoms with E-state index in [2.05, 4.69) is 37.4 Å². The number of pyridine rings is 2. The van der Waals surface area contributed by atoms with Crippen LogP contribution >= 0.6 is 23.2 Å². The number of ether oxygens (including phenoxy) is 1. The third-order valence-corrected chi connectivity index (χ3v) is 6.81. The number of halogens is 2. The molecule has 9 nitrogen and oxygen atoms in total. The fraction of sp³-hybridized carbons (Fsp3) is 0.280. The van der Waals surface area contributed by atoms with Crippen LogP contribution in [0.15, 0.2) is 48.9 Å². The molecule has 1 aliphatic rings. The Kier molecular flexibility index (Phi) is 6.95. The van der Waals surface area contributed by atoms with Crippen LogP contribution in [-0.4, -0.2) is 69.2 Å². The Morgan fingerprint density at radius 2 is 1.83 bits per heavy atom. The first-order chi connectivity index (χ1) is 17.4. The highest BCUT2D eigenvalue weighted by Crippen LogP contribution is 2.34. The largest absolute Gasteiger partial charge is 0.486 e. The molecule has 0 spiro atoms. The van der Waals surface area contributed by atoms with Gasteiger partial charge in [0.05, 0.1) is 15.6 Å². The van der Waals surface area contributed by atoms with E-state index in [9.17, 15) is 4.79 Å². The lowest BCUT2D eigenvalue weighted by Crippen LogP contribution is -2.48. The zero-order valence-electron chi connectivity index (χ0n) is 19.8. The Labute approximate surface area is 218 Å². The number of aromatic nitrogens is 4. The van der Waals surface area contributed by atoms with Gasteiger partial charge in [-0.2, -0.15) is 5.10 Å². The van der Waals surface area contributed by atoms with E-state index in [1.165, 1.54) is 0 Å². The number of fused-ring (bicyclic) bond motifs is 1. The van der Waals surface area contributed by atoms with Crippen molar-refractivity contribution in [3.63, 3.8) is 0 Å². The predicted octanol–water partition coefficient (Wildman–Crippen LogP) is 5.25. The Bertz CT molecular complexity index is 1360. The zero-order valence-corrected chi connectivity index (χ0v) is 21.3. The third kappa shape index (κ3) is 5.09. The number of benzene rings is 1. The molecule has 2 N–H and O–H groups in total. The molecule has 1 aliphatic heterocycles. The Balaban J connectivity index is 1.32. The number of likely N-dealkylation sites (N-methyl/N-ethyl adjacent to an activating group) is 1. The highest BCUT2D eigenvalue weighted by atomic mass is 35.5. The molecule has 2 amide bonds. The molecule has 1 aromatic carbocycles. The van der Waals surface area contributed by atoms with Crippen molar-refractivity contribution in [2.24, 2.45) is 0 Å². The number of rotatable bonds is 5. The maximum atomic E-state index is 12.5. The molecule has 4 aromatic rings. The Hall–Kier alpha value is -3.40. The number of nitrogens with zero attached hydrogens (tertiary/aromatic N) is 5. The summed E-state index contributed by atoms with van der Waals surface area (Å²) in [6, 6.07) is 9.20. The summed E-state index contributed by atoms with van der Waals surface area (Å²) in [7, 11) is 2.05. The van der Waals surface area contributed by atoms with Crippen LogP contribution in [0.25, 0.3) is 22.2 Å². The van der Waals surface area contributed by atoms with Crippen LogP contribution in [-0.2, 0) is 0 Å². The van der Waals surface area contributed by atoms with Crippen molar-refractivity contribution < 1.29 is 9.53 Å². The number of urea groups is 1. The summed E-state index contributed by atoms with van der Waals surface area (Å²) in [4.78, 5) is 25.0. The minimum Gasteiger partial charge on any atom is -0.486 e. The number of hydrogen-bond donors (Lipinski definition) is 2. The smallest absolute Gasteiger partial charge is 0.323 e. The van der Waals surface area contributed by atoms with E-state index in [1.807, 2.05) is 31.2 Å². The lowest BCUT2D eigenvalue weighted by molar-refractivity contribution is 0.164. The van der Waals surface area contributed by atoms with Crippen molar-refractivity contribution >= 4 is 46.0 Å². The predicted molar refractivity (Wildman–Crippen MR) is 141 cm³/mol. The van der Waals surface area contributed by atoms with Crippen molar-refractivity contribution in [1.82, 2.24) is 30.0 Å². The fourth-order valence-electron chi connectivity index (χ4n) is 4.17. The van der Waals surface area contributed by atoms with Gasteiger partial charge in [-0.1, -0.05) is 23.2 Å². The van der Waals surface area contributed by atoms with Gasteiger partial charge in [0.15, 0.2) is 0 Å². The van der Waals surface area contributed by atoms with E-state index >= 15 is 0 Å². The fourth-order valence-corrected chi connectivity index (χ4v) is 4.84. The number of anilines is 1. The molecular formula is C25H25Cl2N7O2. The molecule has 0 radical (unpaired) electrons. The maximum absolute atomic E-state index is 12.5. The molecule has 36 heavy (non-hydrogen) atoms. The van der Waals surface area contributed by atoms with Gasteiger partial charge in [0.25, 0.3) is 0 Å². The number of piperazine rings is 1. The van der Waals surface area contributed by atoms with Gasteiger partial charge >= 0.3 is 6.03 Å². The van der Waals surface area contributed by atoms with E-state index in [1.54, 1.807) is 29.6 Å². The van der Waals surface area contributed by atoms with Gasteiger partial charge in [-0.25, -0.2) is 9.78 Å². The van der Waals surface area contributed by atoms with Crippen LogP contribution < -0.4 is 10.1 Å².